The van der Waals surface area contributed by atoms with Crippen molar-refractivity contribution >= 4 is 79.9 Å². The smallest absolute Gasteiger partial charge is 0.456 e. The predicted molar refractivity (Wildman–Crippen MR) is 291 cm³/mol. The fourth-order valence-electron chi connectivity index (χ4n) is 10.9. The van der Waals surface area contributed by atoms with Crippen LogP contribution in [0.15, 0.2) is 96.4 Å². The first-order valence-electron chi connectivity index (χ1n) is 26.8. The summed E-state index contributed by atoms with van der Waals surface area (Å²) < 4.78 is 93.8. The highest BCUT2D eigenvalue weighted by molar-refractivity contribution is 7.17. The molecule has 4 aromatic carbocycles. The van der Waals surface area contributed by atoms with E-state index in [-0.39, 0.29) is 86.7 Å². The molecule has 0 bridgehead atoms. The average Bonchev–Trinajstić information content (AvgIpc) is 4.32. The Balaban J connectivity index is 0.720. The quantitative estimate of drug-likeness (QED) is 0.0249. The maximum absolute atomic E-state index is 13.9. The molecule has 0 saturated heterocycles. The number of unbranched alkanes of at least 4 members (excludes halogenated alkanes) is 5. The molecule has 4 N–H and O–H groups in total. The molecule has 81 heavy (non-hydrogen) atoms. The Hall–Kier alpha value is -8.01. The monoisotopic (exact) mass is 1140 g/mol. The van der Waals surface area contributed by atoms with Gasteiger partial charge >= 0.3 is 30.1 Å². The van der Waals surface area contributed by atoms with Crippen LogP contribution in [-0.4, -0.2) is 77.8 Å². The number of ether oxygens (including phenoxy) is 2. The number of ketones is 1. The summed E-state index contributed by atoms with van der Waals surface area (Å²) in [6, 6.07) is 22.6. The van der Waals surface area contributed by atoms with Crippen LogP contribution in [0.5, 0.6) is 11.5 Å². The topological polar surface area (TPSA) is 194 Å². The van der Waals surface area contributed by atoms with Gasteiger partial charge in [-0.1, -0.05) is 37.8 Å². The van der Waals surface area contributed by atoms with Gasteiger partial charge in [0, 0.05) is 83.4 Å². The number of carbonyl (C=O) groups is 7. The molecule has 0 atom stereocenters. The van der Waals surface area contributed by atoms with Crippen molar-refractivity contribution < 1.29 is 69.4 Å². The number of aromatic nitrogens is 1. The fourth-order valence-corrected chi connectivity index (χ4v) is 11.8. The number of hydrogen-bond donors (Lipinski definition) is 4. The van der Waals surface area contributed by atoms with E-state index in [1.807, 2.05) is 60.2 Å². The first kappa shape index (κ1) is 57.7. The van der Waals surface area contributed by atoms with Gasteiger partial charge in [-0.25, -0.2) is 4.79 Å². The minimum Gasteiger partial charge on any atom is -0.456 e. The molecule has 2 aromatic heterocycles. The van der Waals surface area contributed by atoms with E-state index in [1.165, 1.54) is 41.7 Å². The first-order chi connectivity index (χ1) is 38.6. The van der Waals surface area contributed by atoms with Crippen molar-refractivity contribution in [3.63, 3.8) is 0 Å². The van der Waals surface area contributed by atoms with Gasteiger partial charge in [0.2, 0.25) is 11.8 Å². The summed E-state index contributed by atoms with van der Waals surface area (Å²) in [6.45, 7) is 5.32. The van der Waals surface area contributed by atoms with Crippen LogP contribution in [0.4, 0.5) is 43.4 Å². The number of carbonyl (C=O) groups excluding carboxylic acids is 7. The van der Waals surface area contributed by atoms with Gasteiger partial charge in [0.1, 0.15) is 18.0 Å². The SMILES string of the molecule is CCN(C(=O)Cn1c(C(=O)CC2CCC(C(=O)NCCCCCCCCNC(=O)c3ccc4c(c3)C3(OC4=O)c4ccc(NC(=O)C(F)(F)F)cc4Oc4cc(NC(=O)C(F)(F)F)ccc43)CC2)cc2sccc21)c1cccc(C)c1. The number of alkyl halides is 6. The molecular weight excluding hydrogens is 1080 g/mol. The number of halogens is 6. The summed E-state index contributed by atoms with van der Waals surface area (Å²) in [6.07, 6.45) is -2.34. The summed E-state index contributed by atoms with van der Waals surface area (Å²) in [7, 11) is 0. The second-order valence-electron chi connectivity index (χ2n) is 20.5. The van der Waals surface area contributed by atoms with E-state index in [0.717, 1.165) is 90.7 Å². The Morgan fingerprint density at radius 1 is 0.716 bits per heavy atom. The van der Waals surface area contributed by atoms with E-state index in [4.69, 9.17) is 9.47 Å². The lowest BCUT2D eigenvalue weighted by molar-refractivity contribution is -0.167. The zero-order chi connectivity index (χ0) is 57.8. The number of rotatable bonds is 20. The van der Waals surface area contributed by atoms with Gasteiger partial charge in [-0.3, -0.25) is 28.8 Å². The second-order valence-corrected chi connectivity index (χ2v) is 21.5. The van der Waals surface area contributed by atoms with E-state index in [2.05, 4.69) is 10.6 Å². The number of esters is 1. The minimum absolute atomic E-state index is 0.000898. The van der Waals surface area contributed by atoms with Crippen molar-refractivity contribution in [1.29, 1.82) is 0 Å². The van der Waals surface area contributed by atoms with E-state index in [0.29, 0.717) is 51.0 Å². The molecule has 22 heteroatoms. The fraction of sp³-hybridized carbons (Fsp3) is 0.373. The molecule has 0 unspecified atom stereocenters. The number of nitrogens with zero attached hydrogens (tertiary/aromatic N) is 2. The highest BCUT2D eigenvalue weighted by atomic mass is 32.1. The van der Waals surface area contributed by atoms with Gasteiger partial charge in [0.15, 0.2) is 11.4 Å². The number of Topliss-reactive ketones (excluding diaryl/α,β-unsaturated/α-hetero) is 1. The van der Waals surface area contributed by atoms with E-state index >= 15 is 0 Å². The van der Waals surface area contributed by atoms with Gasteiger partial charge in [0.25, 0.3) is 5.91 Å². The zero-order valence-corrected chi connectivity index (χ0v) is 45.1. The Labute approximate surface area is 465 Å². The van der Waals surface area contributed by atoms with E-state index in [1.54, 1.807) is 15.5 Å². The number of anilines is 3. The molecule has 2 aliphatic heterocycles. The van der Waals surface area contributed by atoms with Gasteiger partial charge < -0.3 is 40.2 Å². The number of likely N-dealkylation sites (N-methyl/N-ethyl adjacent to an activating group) is 1. The molecule has 426 valence electrons. The van der Waals surface area contributed by atoms with Crippen LogP contribution in [0, 0.1) is 18.8 Å². The lowest BCUT2D eigenvalue weighted by Gasteiger charge is -2.37. The molecule has 5 amide bonds. The van der Waals surface area contributed by atoms with Gasteiger partial charge in [0.05, 0.1) is 21.5 Å². The Bertz CT molecular complexity index is 3340. The normalized spacial score (nSPS) is 16.1. The van der Waals surface area contributed by atoms with Crippen LogP contribution in [0.25, 0.3) is 10.2 Å². The van der Waals surface area contributed by atoms with Gasteiger partial charge in [-0.15, -0.1) is 11.3 Å². The van der Waals surface area contributed by atoms with Crippen molar-refractivity contribution in [2.75, 3.05) is 35.2 Å². The molecule has 1 aliphatic carbocycles. The van der Waals surface area contributed by atoms with Crippen LogP contribution >= 0.6 is 11.3 Å². The maximum Gasteiger partial charge on any atom is 0.471 e. The van der Waals surface area contributed by atoms with Crippen LogP contribution in [0.2, 0.25) is 0 Å². The molecule has 4 heterocycles. The Morgan fingerprint density at radius 3 is 1.94 bits per heavy atom. The second kappa shape index (κ2) is 24.0. The van der Waals surface area contributed by atoms with Crippen LogP contribution < -0.4 is 30.9 Å². The molecule has 15 nitrogen and oxygen atoms in total. The minimum atomic E-state index is -5.26. The molecule has 1 fully saturated rings. The van der Waals surface area contributed by atoms with Crippen LogP contribution in [0.3, 0.4) is 0 Å². The Morgan fingerprint density at radius 2 is 1.33 bits per heavy atom. The van der Waals surface area contributed by atoms with Crippen LogP contribution in [-0.2, 0) is 36.1 Å². The largest absolute Gasteiger partial charge is 0.471 e. The average molecular weight is 1140 g/mol. The number of nitrogens with one attached hydrogen (secondary N) is 4. The molecule has 1 spiro atoms. The van der Waals surface area contributed by atoms with E-state index in [9.17, 15) is 59.9 Å². The van der Waals surface area contributed by atoms with Crippen molar-refractivity contribution in [3.05, 3.63) is 135 Å². The molecule has 3 aliphatic rings. The highest BCUT2D eigenvalue weighted by Gasteiger charge is 2.54. The molecule has 1 saturated carbocycles. The molecule has 6 aromatic rings. The standard InChI is InChI=1S/C59H58F6N6O9S/c1-3-70(40-12-10-11-34(2)27-40)51(73)33-71-45-23-26-81-50(45)32-46(71)47(72)28-35-13-15-36(16-14-35)52(74)66-24-8-6-4-5-7-9-25-67-53(75)37-17-20-41-44(29-37)57(80-54(41)76)42-21-18-38(68-55(77)58(60,61)62)30-48(42)79-49-31-39(19-22-43(49)57)69-56(78)59(63,64)65/h10-12,17-23,26-27,29-32,35-36H,3-9,13-16,24-25,28,33H2,1-2H3,(H,66,74)(H,67,75)(H,68,77)(H,69,78). The van der Waals surface area contributed by atoms with Gasteiger partial charge in [-0.05, 0) is 136 Å². The highest BCUT2D eigenvalue weighted by Crippen LogP contribution is 2.57. The molecular formula is C59H58F6N6O9S. The van der Waals surface area contributed by atoms with Crippen LogP contribution in [0.1, 0.15) is 131 Å². The summed E-state index contributed by atoms with van der Waals surface area (Å²) in [5.74, 6) is -6.51. The lowest BCUT2D eigenvalue weighted by atomic mass is 9.77. The van der Waals surface area contributed by atoms with E-state index < -0.39 is 41.6 Å². The van der Waals surface area contributed by atoms with Crippen molar-refractivity contribution in [1.82, 2.24) is 15.2 Å². The third-order valence-corrected chi connectivity index (χ3v) is 15.9. The zero-order valence-electron chi connectivity index (χ0n) is 44.2. The summed E-state index contributed by atoms with van der Waals surface area (Å²) >= 11 is 1.54. The summed E-state index contributed by atoms with van der Waals surface area (Å²) in [4.78, 5) is 93.1. The van der Waals surface area contributed by atoms with Crippen molar-refractivity contribution in [2.24, 2.45) is 11.8 Å². The van der Waals surface area contributed by atoms with Gasteiger partial charge in [-0.2, -0.15) is 26.3 Å². The predicted octanol–water partition coefficient (Wildman–Crippen LogP) is 11.9. The summed E-state index contributed by atoms with van der Waals surface area (Å²) in [5, 5.41) is 11.3. The number of fused-ring (bicyclic) bond motifs is 7. The number of amides is 5. The third kappa shape index (κ3) is 12.6. The van der Waals surface area contributed by atoms with Crippen molar-refractivity contribution in [2.45, 2.75) is 109 Å². The lowest BCUT2D eigenvalue weighted by Crippen LogP contribution is -2.35. The third-order valence-electron chi connectivity index (χ3n) is 15.0. The number of thiophene rings is 1. The van der Waals surface area contributed by atoms with Crippen molar-refractivity contribution in [3.8, 4) is 11.5 Å². The molecule has 0 radical (unpaired) electrons. The maximum atomic E-state index is 13.9. The number of aryl methyl sites for hydroxylation is 1. The molecule has 9 rings (SSSR count). The number of hydrogen-bond acceptors (Lipinski definition) is 10. The Kier molecular flexibility index (Phi) is 17.1. The summed E-state index contributed by atoms with van der Waals surface area (Å²) in [5.41, 5.74) is 0.905. The number of benzene rings is 4. The first-order valence-corrected chi connectivity index (χ1v) is 27.7.